The first kappa shape index (κ1) is 53.7. The molecular formula is C53H70FN3O13. The molecule has 2 fully saturated rings. The Labute approximate surface area is 408 Å². The molecule has 0 spiro atoms. The van der Waals surface area contributed by atoms with Crippen LogP contribution in [-0.2, 0) is 44.6 Å². The van der Waals surface area contributed by atoms with Crippen molar-refractivity contribution >= 4 is 34.6 Å². The molecule has 5 heterocycles. The number of ether oxygens (including phenoxy) is 6. The largest absolute Gasteiger partial charge is 0.466 e. The van der Waals surface area contributed by atoms with E-state index in [4.69, 9.17) is 32.8 Å². The van der Waals surface area contributed by atoms with E-state index in [9.17, 15) is 28.8 Å². The van der Waals surface area contributed by atoms with Gasteiger partial charge in [0.1, 0.15) is 36.1 Å². The van der Waals surface area contributed by atoms with Gasteiger partial charge in [-0.25, -0.2) is 14.4 Å². The van der Waals surface area contributed by atoms with Crippen LogP contribution in [-0.4, -0.2) is 83.0 Å². The minimum Gasteiger partial charge on any atom is -0.466 e. The van der Waals surface area contributed by atoms with Crippen LogP contribution in [0, 0.1) is 5.82 Å². The molecule has 16 nitrogen and oxygen atoms in total. The summed E-state index contributed by atoms with van der Waals surface area (Å²) in [5.41, 5.74) is 2.44. The second-order valence-electron chi connectivity index (χ2n) is 19.7. The van der Waals surface area contributed by atoms with Gasteiger partial charge < -0.3 is 37.7 Å². The van der Waals surface area contributed by atoms with Gasteiger partial charge >= 0.3 is 29.2 Å². The van der Waals surface area contributed by atoms with E-state index < -0.39 is 70.9 Å². The topological polar surface area (TPSA) is 184 Å². The molecule has 0 amide bonds. The molecule has 3 aromatic rings. The minimum atomic E-state index is -1.35. The summed E-state index contributed by atoms with van der Waals surface area (Å²) in [6.07, 6.45) is 7.33. The maximum Gasteiger partial charge on any atom is 0.351 e. The number of hydrogen-bond acceptors (Lipinski definition) is 14. The van der Waals surface area contributed by atoms with E-state index >= 15 is 4.39 Å². The molecule has 6 rings (SSSR count). The summed E-state index contributed by atoms with van der Waals surface area (Å²) >= 11 is 0. The number of allylic oxidation sites excluding steroid dienone is 6. The van der Waals surface area contributed by atoms with Crippen molar-refractivity contribution in [2.45, 2.75) is 175 Å². The summed E-state index contributed by atoms with van der Waals surface area (Å²) in [6, 6.07) is 5.24. The molecule has 1 aromatic carbocycles. The van der Waals surface area contributed by atoms with Crippen molar-refractivity contribution in [3.05, 3.63) is 108 Å². The molecule has 3 aliphatic heterocycles. The van der Waals surface area contributed by atoms with Gasteiger partial charge in [0.2, 0.25) is 5.82 Å². The summed E-state index contributed by atoms with van der Waals surface area (Å²) in [6.45, 7) is 19.8. The minimum absolute atomic E-state index is 0.0244. The number of hydrogen-bond donors (Lipinski definition) is 0. The van der Waals surface area contributed by atoms with Gasteiger partial charge in [-0.1, -0.05) is 41.9 Å². The van der Waals surface area contributed by atoms with E-state index in [1.807, 2.05) is 19.1 Å². The number of aromatic nitrogens is 2. The van der Waals surface area contributed by atoms with Crippen LogP contribution in [0.2, 0.25) is 0 Å². The van der Waals surface area contributed by atoms with Gasteiger partial charge in [-0.2, -0.15) is 4.39 Å². The highest BCUT2D eigenvalue weighted by Gasteiger charge is 2.58. The normalized spacial score (nSPS) is 23.0. The summed E-state index contributed by atoms with van der Waals surface area (Å²) in [7, 11) is 0. The van der Waals surface area contributed by atoms with Crippen molar-refractivity contribution in [3.63, 3.8) is 0 Å². The van der Waals surface area contributed by atoms with E-state index in [0.29, 0.717) is 30.4 Å². The van der Waals surface area contributed by atoms with Crippen LogP contribution in [0.5, 0.6) is 0 Å². The Bertz CT molecular complexity index is 2690. The number of esters is 3. The molecule has 0 bridgehead atoms. The van der Waals surface area contributed by atoms with Crippen molar-refractivity contribution in [1.29, 1.82) is 0 Å². The van der Waals surface area contributed by atoms with Crippen LogP contribution in [0.3, 0.4) is 0 Å². The van der Waals surface area contributed by atoms with E-state index in [2.05, 4.69) is 58.6 Å². The fraction of sp³-hybridized carbons (Fsp3) is 0.585. The molecule has 6 atom stereocenters. The highest BCUT2D eigenvalue weighted by Crippen LogP contribution is 2.46. The number of nitrogens with zero attached hydrogens (tertiary/aromatic N) is 3. The average molecular weight is 976 g/mol. The molecule has 0 N–H and O–H groups in total. The lowest BCUT2D eigenvalue weighted by Gasteiger charge is -2.47. The predicted octanol–water partition coefficient (Wildman–Crippen LogP) is 8.71. The third-order valence-electron chi connectivity index (χ3n) is 13.2. The van der Waals surface area contributed by atoms with Crippen molar-refractivity contribution in [1.82, 2.24) is 9.13 Å². The molecule has 70 heavy (non-hydrogen) atoms. The van der Waals surface area contributed by atoms with Crippen LogP contribution in [0.4, 0.5) is 10.1 Å². The quantitative estimate of drug-likeness (QED) is 0.0427. The Morgan fingerprint density at radius 1 is 0.843 bits per heavy atom. The zero-order chi connectivity index (χ0) is 51.1. The number of rotatable bonds is 21. The van der Waals surface area contributed by atoms with Gasteiger partial charge in [0.15, 0.2) is 12.0 Å². The van der Waals surface area contributed by atoms with Crippen molar-refractivity contribution in [2.75, 3.05) is 31.3 Å². The fourth-order valence-electron chi connectivity index (χ4n) is 9.64. The summed E-state index contributed by atoms with van der Waals surface area (Å²) in [4.78, 5) is 80.5. The van der Waals surface area contributed by atoms with Crippen molar-refractivity contribution in [3.8, 4) is 0 Å². The van der Waals surface area contributed by atoms with Crippen LogP contribution in [0.25, 0.3) is 11.0 Å². The number of benzene rings is 1. The van der Waals surface area contributed by atoms with Gasteiger partial charge in [-0.3, -0.25) is 23.5 Å². The van der Waals surface area contributed by atoms with Gasteiger partial charge in [0.05, 0.1) is 25.8 Å². The first-order valence-electron chi connectivity index (χ1n) is 24.5. The predicted molar refractivity (Wildman–Crippen MR) is 261 cm³/mol. The Kier molecular flexibility index (Phi) is 17.7. The first-order valence-corrected chi connectivity index (χ1v) is 24.5. The number of carbonyl (C=O) groups is 3. The molecule has 2 aromatic heterocycles. The van der Waals surface area contributed by atoms with Gasteiger partial charge in [-0.05, 0) is 124 Å². The SMILES string of the molecule is CCOC(=O)CCC1(C)OC2C(O1)[C@@H](COC(=O)CCCN1c3cc4oc(=O)c(C(=O)OCC)cc4cc3C(C)CC1(C)C)O[C@H]2n1cc(F)c(=O)n(C/C=C(\C)CC/C=C(\C)CCC=C(C)C)c1=O. The molecule has 3 aliphatic rings. The van der Waals surface area contributed by atoms with Crippen LogP contribution < -0.4 is 21.8 Å². The van der Waals surface area contributed by atoms with Crippen molar-refractivity contribution in [2.24, 2.45) is 0 Å². The number of halogens is 1. The van der Waals surface area contributed by atoms with E-state index in [-0.39, 0.29) is 62.6 Å². The maximum absolute atomic E-state index is 15.5. The molecule has 0 radical (unpaired) electrons. The fourth-order valence-corrected chi connectivity index (χ4v) is 9.64. The molecule has 4 unspecified atom stereocenters. The second-order valence-corrected chi connectivity index (χ2v) is 19.7. The van der Waals surface area contributed by atoms with Crippen molar-refractivity contribution < 1.29 is 51.6 Å². The lowest BCUT2D eigenvalue weighted by molar-refractivity contribution is -0.216. The van der Waals surface area contributed by atoms with Gasteiger partial charge in [-0.15, -0.1) is 0 Å². The standard InChI is InChI=1S/C53H70FN3O13/c1-11-64-44(59)21-23-53(10)69-45-42(67-48(46(45)70-53)56-30-39(54)47(60)55(51(56)63)25-22-34(6)19-14-18-33(5)17-13-16-32(3)4)31-66-43(58)20-15-24-57-40-28-41-36(26-37(40)35(7)29-52(57,8)9)27-38(50(62)68-41)49(61)65-12-2/h16,18,22,26-28,30,35,42,45-46,48H,11-15,17,19-21,23-25,29,31H2,1-10H3/b33-18+,34-22+/t35?,42-,45?,46?,48-,53?/m1/s1. The third kappa shape index (κ3) is 12.8. The number of anilines is 1. The lowest BCUT2D eigenvalue weighted by Crippen LogP contribution is -2.48. The monoisotopic (exact) mass is 975 g/mol. The molecule has 382 valence electrons. The van der Waals surface area contributed by atoms with E-state index in [1.54, 1.807) is 26.8 Å². The Hall–Kier alpha value is -5.65. The van der Waals surface area contributed by atoms with E-state index in [1.165, 1.54) is 17.2 Å². The van der Waals surface area contributed by atoms with E-state index in [0.717, 1.165) is 57.8 Å². The molecule has 17 heteroatoms. The third-order valence-corrected chi connectivity index (χ3v) is 13.2. The summed E-state index contributed by atoms with van der Waals surface area (Å²) in [5, 5.41) is 0.598. The van der Waals surface area contributed by atoms with Crippen LogP contribution in [0.15, 0.2) is 78.1 Å². The Balaban J connectivity index is 1.16. The first-order chi connectivity index (χ1) is 33.1. The zero-order valence-corrected chi connectivity index (χ0v) is 42.4. The highest BCUT2D eigenvalue weighted by molar-refractivity contribution is 5.94. The average Bonchev–Trinajstić information content (AvgIpc) is 3.80. The second kappa shape index (κ2) is 23.1. The Morgan fingerprint density at radius 2 is 1.51 bits per heavy atom. The number of carbonyl (C=O) groups excluding carboxylic acids is 3. The lowest BCUT2D eigenvalue weighted by atomic mass is 9.79. The highest BCUT2D eigenvalue weighted by atomic mass is 19.1. The number of fused-ring (bicyclic) bond motifs is 3. The Morgan fingerprint density at radius 3 is 2.21 bits per heavy atom. The molecule has 0 aliphatic carbocycles. The van der Waals surface area contributed by atoms with Gasteiger partial charge in [0.25, 0.3) is 5.56 Å². The van der Waals surface area contributed by atoms with Crippen LogP contribution in [0.1, 0.15) is 155 Å². The summed E-state index contributed by atoms with van der Waals surface area (Å²) in [5.74, 6) is -4.12. The summed E-state index contributed by atoms with van der Waals surface area (Å²) < 4.78 is 58.0. The maximum atomic E-state index is 15.5. The van der Waals surface area contributed by atoms with Crippen LogP contribution >= 0.6 is 0 Å². The molecule has 0 saturated carbocycles. The smallest absolute Gasteiger partial charge is 0.351 e. The van der Waals surface area contributed by atoms with Gasteiger partial charge in [0, 0.05) is 48.6 Å². The zero-order valence-electron chi connectivity index (χ0n) is 42.4. The molecular weight excluding hydrogens is 906 g/mol. The molecule has 2 saturated heterocycles.